The highest BCUT2D eigenvalue weighted by molar-refractivity contribution is 7.98. The largest absolute Gasteiger partial charge is 0.387 e. The van der Waals surface area contributed by atoms with Crippen molar-refractivity contribution >= 4 is 39.1 Å². The van der Waals surface area contributed by atoms with Crippen LogP contribution < -0.4 is 5.32 Å². The van der Waals surface area contributed by atoms with Gasteiger partial charge in [0.25, 0.3) is 5.91 Å². The zero-order valence-electron chi connectivity index (χ0n) is 11.0. The Morgan fingerprint density at radius 3 is 2.89 bits per heavy atom. The molecule has 0 spiro atoms. The molecule has 0 fully saturated rings. The van der Waals surface area contributed by atoms with Gasteiger partial charge >= 0.3 is 0 Å². The minimum Gasteiger partial charge on any atom is -0.387 e. The van der Waals surface area contributed by atoms with E-state index < -0.39 is 5.60 Å². The van der Waals surface area contributed by atoms with E-state index in [1.807, 2.05) is 36.6 Å². The molecule has 0 aliphatic rings. The second kappa shape index (κ2) is 5.94. The second-order valence-corrected chi connectivity index (χ2v) is 6.71. The van der Waals surface area contributed by atoms with Crippen molar-refractivity contribution in [3.05, 3.63) is 35.2 Å². The lowest BCUT2D eigenvalue weighted by molar-refractivity contribution is 0.0727. The Morgan fingerprint density at radius 1 is 1.47 bits per heavy atom. The summed E-state index contributed by atoms with van der Waals surface area (Å²) in [5.74, 6) is 0.474. The van der Waals surface area contributed by atoms with Crippen molar-refractivity contribution in [1.29, 1.82) is 0 Å². The number of nitrogens with one attached hydrogen (secondary N) is 1. The molecule has 0 saturated heterocycles. The fourth-order valence-corrected chi connectivity index (χ4v) is 3.52. The minimum absolute atomic E-state index is 0.123. The van der Waals surface area contributed by atoms with Crippen molar-refractivity contribution in [3.8, 4) is 0 Å². The van der Waals surface area contributed by atoms with Crippen LogP contribution in [0.3, 0.4) is 0 Å². The molecular formula is C14H17NO2S2. The zero-order chi connectivity index (χ0) is 13.9. The van der Waals surface area contributed by atoms with Crippen molar-refractivity contribution in [1.82, 2.24) is 5.32 Å². The molecule has 0 radical (unpaired) electrons. The fourth-order valence-electron chi connectivity index (χ4n) is 1.81. The molecule has 0 aliphatic carbocycles. The Bertz CT molecular complexity index is 545. The van der Waals surface area contributed by atoms with Gasteiger partial charge in [-0.2, -0.15) is 11.8 Å². The van der Waals surface area contributed by atoms with E-state index in [1.54, 1.807) is 18.7 Å². The number of carbonyl (C=O) groups is 1. The summed E-state index contributed by atoms with van der Waals surface area (Å²) < 4.78 is 1.10. The van der Waals surface area contributed by atoms with E-state index in [9.17, 15) is 9.90 Å². The average Bonchev–Trinajstić information content (AvgIpc) is 2.79. The molecule has 0 saturated carbocycles. The smallest absolute Gasteiger partial charge is 0.261 e. The first-order valence-corrected chi connectivity index (χ1v) is 8.21. The van der Waals surface area contributed by atoms with E-state index in [0.29, 0.717) is 10.6 Å². The van der Waals surface area contributed by atoms with Crippen LogP contribution in [0, 0.1) is 0 Å². The maximum atomic E-state index is 12.0. The molecule has 1 heterocycles. The Kier molecular flexibility index (Phi) is 4.50. The van der Waals surface area contributed by atoms with E-state index in [-0.39, 0.29) is 12.5 Å². The fraction of sp³-hybridized carbons (Fsp3) is 0.357. The molecule has 2 aromatic rings. The molecule has 1 aromatic carbocycles. The maximum absolute atomic E-state index is 12.0. The lowest BCUT2D eigenvalue weighted by atomic mass is 10.1. The van der Waals surface area contributed by atoms with Crippen LogP contribution in [0.1, 0.15) is 16.6 Å². The monoisotopic (exact) mass is 295 g/mol. The molecule has 2 rings (SSSR count). The minimum atomic E-state index is -0.869. The van der Waals surface area contributed by atoms with E-state index in [4.69, 9.17) is 0 Å². The summed E-state index contributed by atoms with van der Waals surface area (Å²) in [6, 6.07) is 9.80. The van der Waals surface area contributed by atoms with Gasteiger partial charge in [0.15, 0.2) is 0 Å². The third-order valence-corrected chi connectivity index (χ3v) is 4.76. The highest BCUT2D eigenvalue weighted by atomic mass is 32.2. The summed E-state index contributed by atoms with van der Waals surface area (Å²) in [5.41, 5.74) is -0.869. The van der Waals surface area contributed by atoms with Crippen LogP contribution >= 0.6 is 23.1 Å². The molecule has 2 N–H and O–H groups in total. The molecule has 0 aliphatic heterocycles. The molecule has 19 heavy (non-hydrogen) atoms. The molecule has 0 bridgehead atoms. The first kappa shape index (κ1) is 14.4. The van der Waals surface area contributed by atoms with Crippen molar-refractivity contribution < 1.29 is 9.90 Å². The van der Waals surface area contributed by atoms with Gasteiger partial charge in [-0.05, 0) is 30.7 Å². The van der Waals surface area contributed by atoms with Crippen LogP contribution in [-0.4, -0.2) is 35.2 Å². The Morgan fingerprint density at radius 2 is 2.21 bits per heavy atom. The van der Waals surface area contributed by atoms with Crippen molar-refractivity contribution in [2.24, 2.45) is 0 Å². The molecule has 3 nitrogen and oxygen atoms in total. The quantitative estimate of drug-likeness (QED) is 0.892. The van der Waals surface area contributed by atoms with Gasteiger partial charge in [0, 0.05) is 17.0 Å². The maximum Gasteiger partial charge on any atom is 0.261 e. The van der Waals surface area contributed by atoms with E-state index in [0.717, 1.165) is 10.1 Å². The average molecular weight is 295 g/mol. The summed E-state index contributed by atoms with van der Waals surface area (Å²) in [4.78, 5) is 12.7. The van der Waals surface area contributed by atoms with Gasteiger partial charge in [0.2, 0.25) is 0 Å². The number of fused-ring (bicyclic) bond motifs is 1. The molecule has 102 valence electrons. The predicted octanol–water partition coefficient (Wildman–Crippen LogP) is 2.75. The Hall–Kier alpha value is -1.04. The van der Waals surface area contributed by atoms with Crippen molar-refractivity contribution in [2.75, 3.05) is 18.6 Å². The third kappa shape index (κ3) is 3.72. The normalized spacial score (nSPS) is 14.3. The van der Waals surface area contributed by atoms with Crippen molar-refractivity contribution in [3.63, 3.8) is 0 Å². The summed E-state index contributed by atoms with van der Waals surface area (Å²) >= 11 is 3.03. The van der Waals surface area contributed by atoms with Gasteiger partial charge in [-0.15, -0.1) is 11.3 Å². The lowest BCUT2D eigenvalue weighted by Crippen LogP contribution is -2.42. The number of amides is 1. The standard InChI is InChI=1S/C14H17NO2S2/c1-14(17,9-18-2)8-15-13(16)12-7-10-5-3-4-6-11(10)19-12/h3-7,17H,8-9H2,1-2H3,(H,15,16)/t14-/m1/s1. The molecule has 1 amide bonds. The van der Waals surface area contributed by atoms with Crippen molar-refractivity contribution in [2.45, 2.75) is 12.5 Å². The van der Waals surface area contributed by atoms with Gasteiger partial charge < -0.3 is 10.4 Å². The number of hydrogen-bond acceptors (Lipinski definition) is 4. The molecular weight excluding hydrogens is 278 g/mol. The molecule has 1 atom stereocenters. The van der Waals surface area contributed by atoms with Gasteiger partial charge in [0.05, 0.1) is 10.5 Å². The number of thioether (sulfide) groups is 1. The number of carbonyl (C=O) groups excluding carboxylic acids is 1. The number of hydrogen-bond donors (Lipinski definition) is 2. The number of aliphatic hydroxyl groups is 1. The molecule has 5 heteroatoms. The van der Waals surface area contributed by atoms with Crippen LogP contribution in [-0.2, 0) is 0 Å². The van der Waals surface area contributed by atoms with Gasteiger partial charge in [-0.1, -0.05) is 18.2 Å². The Balaban J connectivity index is 2.04. The van der Waals surface area contributed by atoms with E-state index in [2.05, 4.69) is 5.32 Å². The highest BCUT2D eigenvalue weighted by Crippen LogP contribution is 2.25. The molecule has 0 unspecified atom stereocenters. The summed E-state index contributed by atoms with van der Waals surface area (Å²) in [5, 5.41) is 13.9. The SMILES string of the molecule is CSC[C@](C)(O)CNC(=O)c1cc2ccccc2s1. The highest BCUT2D eigenvalue weighted by Gasteiger charge is 2.21. The number of benzene rings is 1. The van der Waals surface area contributed by atoms with Gasteiger partial charge in [0.1, 0.15) is 0 Å². The summed E-state index contributed by atoms with van der Waals surface area (Å²) in [7, 11) is 0. The molecule has 1 aromatic heterocycles. The van der Waals surface area contributed by atoms with Gasteiger partial charge in [-0.25, -0.2) is 0 Å². The van der Waals surface area contributed by atoms with Crippen LogP contribution in [0.2, 0.25) is 0 Å². The lowest BCUT2D eigenvalue weighted by Gasteiger charge is -2.22. The third-order valence-electron chi connectivity index (χ3n) is 2.73. The Labute approximate surface area is 121 Å². The first-order valence-electron chi connectivity index (χ1n) is 6.00. The second-order valence-electron chi connectivity index (χ2n) is 4.76. The number of rotatable bonds is 5. The van der Waals surface area contributed by atoms with Crippen LogP contribution in [0.5, 0.6) is 0 Å². The van der Waals surface area contributed by atoms with Crippen LogP contribution in [0.25, 0.3) is 10.1 Å². The van der Waals surface area contributed by atoms with Crippen LogP contribution in [0.4, 0.5) is 0 Å². The topological polar surface area (TPSA) is 49.3 Å². The predicted molar refractivity (Wildman–Crippen MR) is 83.2 cm³/mol. The number of thiophene rings is 1. The van der Waals surface area contributed by atoms with Gasteiger partial charge in [-0.3, -0.25) is 4.79 Å². The summed E-state index contributed by atoms with van der Waals surface area (Å²) in [6.07, 6.45) is 1.93. The zero-order valence-corrected chi connectivity index (χ0v) is 12.6. The van der Waals surface area contributed by atoms with Crippen LogP contribution in [0.15, 0.2) is 30.3 Å². The first-order chi connectivity index (χ1) is 9.02. The summed E-state index contributed by atoms with van der Waals surface area (Å²) in [6.45, 7) is 2.00. The van der Waals surface area contributed by atoms with E-state index in [1.165, 1.54) is 11.3 Å². The van der Waals surface area contributed by atoms with E-state index >= 15 is 0 Å².